The number of aliphatic hydroxyl groups is 1. The lowest BCUT2D eigenvalue weighted by Crippen LogP contribution is -2.37. The molecule has 1 rings (SSSR count). The molecule has 1 saturated carbocycles. The summed E-state index contributed by atoms with van der Waals surface area (Å²) in [6.07, 6.45) is 5.91. The van der Waals surface area contributed by atoms with Crippen molar-refractivity contribution in [2.75, 3.05) is 20.1 Å². The van der Waals surface area contributed by atoms with Gasteiger partial charge in [-0.1, -0.05) is 20.3 Å². The van der Waals surface area contributed by atoms with Crippen LogP contribution in [0.4, 0.5) is 0 Å². The second-order valence-corrected chi connectivity index (χ2v) is 5.18. The second-order valence-electron chi connectivity index (χ2n) is 5.18. The zero-order chi connectivity index (χ0) is 11.3. The molecule has 0 heterocycles. The smallest absolute Gasteiger partial charge is 0.0580 e. The molecule has 3 atom stereocenters. The molecule has 0 aliphatic heterocycles. The molecule has 2 heteroatoms. The molecule has 1 N–H and O–H groups in total. The topological polar surface area (TPSA) is 23.5 Å². The van der Waals surface area contributed by atoms with Gasteiger partial charge in [0.25, 0.3) is 0 Å². The lowest BCUT2D eigenvalue weighted by Gasteiger charge is -2.35. The van der Waals surface area contributed by atoms with E-state index in [1.807, 2.05) is 0 Å². The van der Waals surface area contributed by atoms with Gasteiger partial charge < -0.3 is 10.0 Å². The van der Waals surface area contributed by atoms with E-state index in [4.69, 9.17) is 0 Å². The summed E-state index contributed by atoms with van der Waals surface area (Å²) < 4.78 is 0. The van der Waals surface area contributed by atoms with E-state index in [2.05, 4.69) is 25.8 Å². The van der Waals surface area contributed by atoms with E-state index in [0.717, 1.165) is 25.4 Å². The van der Waals surface area contributed by atoms with Gasteiger partial charge in [-0.3, -0.25) is 0 Å². The molecule has 0 spiro atoms. The average Bonchev–Trinajstić information content (AvgIpc) is 2.21. The molecule has 0 amide bonds. The molecule has 0 aromatic heterocycles. The minimum Gasteiger partial charge on any atom is -0.393 e. The van der Waals surface area contributed by atoms with Crippen LogP contribution in [0.5, 0.6) is 0 Å². The molecule has 0 aromatic carbocycles. The number of rotatable bonds is 5. The van der Waals surface area contributed by atoms with Gasteiger partial charge in [0.2, 0.25) is 0 Å². The highest BCUT2D eigenvalue weighted by molar-refractivity contribution is 4.80. The van der Waals surface area contributed by atoms with Crippen LogP contribution < -0.4 is 0 Å². The molecule has 1 aliphatic rings. The van der Waals surface area contributed by atoms with Gasteiger partial charge in [-0.2, -0.15) is 0 Å². The Morgan fingerprint density at radius 1 is 1.27 bits per heavy atom. The van der Waals surface area contributed by atoms with E-state index in [-0.39, 0.29) is 6.10 Å². The van der Waals surface area contributed by atoms with Crippen LogP contribution in [0.1, 0.15) is 46.0 Å². The van der Waals surface area contributed by atoms with Crippen molar-refractivity contribution in [2.24, 2.45) is 11.8 Å². The monoisotopic (exact) mass is 213 g/mol. The van der Waals surface area contributed by atoms with Gasteiger partial charge in [0.15, 0.2) is 0 Å². The Balaban J connectivity index is 2.36. The maximum absolute atomic E-state index is 9.97. The van der Waals surface area contributed by atoms with E-state index in [9.17, 15) is 5.11 Å². The fourth-order valence-electron chi connectivity index (χ4n) is 2.79. The first kappa shape index (κ1) is 13.0. The Morgan fingerprint density at radius 2 is 2.00 bits per heavy atom. The average molecular weight is 213 g/mol. The van der Waals surface area contributed by atoms with Crippen molar-refractivity contribution in [3.8, 4) is 0 Å². The maximum atomic E-state index is 9.97. The Kier molecular flexibility index (Phi) is 5.62. The van der Waals surface area contributed by atoms with Crippen molar-refractivity contribution in [2.45, 2.75) is 52.1 Å². The summed E-state index contributed by atoms with van der Waals surface area (Å²) in [6.45, 7) is 6.71. The fraction of sp³-hybridized carbons (Fsp3) is 1.00. The van der Waals surface area contributed by atoms with Gasteiger partial charge in [-0.05, 0) is 51.1 Å². The van der Waals surface area contributed by atoms with Gasteiger partial charge in [0, 0.05) is 6.54 Å². The van der Waals surface area contributed by atoms with Crippen LogP contribution in [-0.2, 0) is 0 Å². The van der Waals surface area contributed by atoms with Gasteiger partial charge in [0.1, 0.15) is 0 Å². The van der Waals surface area contributed by atoms with E-state index in [0.29, 0.717) is 5.92 Å². The molecule has 1 fully saturated rings. The van der Waals surface area contributed by atoms with Crippen LogP contribution in [0.3, 0.4) is 0 Å². The highest BCUT2D eigenvalue weighted by Gasteiger charge is 2.28. The summed E-state index contributed by atoms with van der Waals surface area (Å²) in [4.78, 5) is 2.37. The van der Waals surface area contributed by atoms with Crippen molar-refractivity contribution in [3.05, 3.63) is 0 Å². The minimum absolute atomic E-state index is 0.0490. The molecular formula is C13H27NO. The number of hydrogen-bond acceptors (Lipinski definition) is 2. The molecule has 3 unspecified atom stereocenters. The van der Waals surface area contributed by atoms with Crippen molar-refractivity contribution in [1.82, 2.24) is 4.90 Å². The fourth-order valence-corrected chi connectivity index (χ4v) is 2.79. The summed E-state index contributed by atoms with van der Waals surface area (Å²) in [5.41, 5.74) is 0. The van der Waals surface area contributed by atoms with E-state index >= 15 is 0 Å². The van der Waals surface area contributed by atoms with Crippen molar-refractivity contribution >= 4 is 0 Å². The lowest BCUT2D eigenvalue weighted by molar-refractivity contribution is 0.0310. The highest BCUT2D eigenvalue weighted by Crippen LogP contribution is 2.31. The number of aliphatic hydroxyl groups excluding tert-OH is 1. The largest absolute Gasteiger partial charge is 0.393 e. The second kappa shape index (κ2) is 6.49. The van der Waals surface area contributed by atoms with Gasteiger partial charge >= 0.3 is 0 Å². The van der Waals surface area contributed by atoms with Crippen LogP contribution in [0.25, 0.3) is 0 Å². The van der Waals surface area contributed by atoms with E-state index < -0.39 is 0 Å². The Hall–Kier alpha value is -0.0800. The zero-order valence-corrected chi connectivity index (χ0v) is 10.6. The van der Waals surface area contributed by atoms with Crippen molar-refractivity contribution in [1.29, 1.82) is 0 Å². The van der Waals surface area contributed by atoms with Crippen molar-refractivity contribution in [3.63, 3.8) is 0 Å². The standard InChI is InChI=1S/C13H27NO/c1-4-8-14(3)10-12-9-11(5-2)6-7-13(12)15/h11-13,15H,4-10H2,1-3H3. The number of hydrogen-bond donors (Lipinski definition) is 1. The molecule has 2 nitrogen and oxygen atoms in total. The first-order chi connectivity index (χ1) is 7.17. The minimum atomic E-state index is -0.0490. The Labute approximate surface area is 94.7 Å². The zero-order valence-electron chi connectivity index (χ0n) is 10.6. The third-order valence-electron chi connectivity index (χ3n) is 3.78. The van der Waals surface area contributed by atoms with Crippen molar-refractivity contribution < 1.29 is 5.11 Å². The molecule has 15 heavy (non-hydrogen) atoms. The van der Waals surface area contributed by atoms with Crippen LogP contribution in [-0.4, -0.2) is 36.2 Å². The first-order valence-corrected chi connectivity index (χ1v) is 6.53. The van der Waals surface area contributed by atoms with Gasteiger partial charge in [-0.25, -0.2) is 0 Å². The Bertz CT molecular complexity index is 172. The summed E-state index contributed by atoms with van der Waals surface area (Å²) in [7, 11) is 2.17. The Morgan fingerprint density at radius 3 is 2.60 bits per heavy atom. The highest BCUT2D eigenvalue weighted by atomic mass is 16.3. The molecule has 90 valence electrons. The van der Waals surface area contributed by atoms with Crippen LogP contribution in [0, 0.1) is 11.8 Å². The van der Waals surface area contributed by atoms with Crippen LogP contribution in [0.15, 0.2) is 0 Å². The summed E-state index contributed by atoms with van der Waals surface area (Å²) in [5.74, 6) is 1.37. The summed E-state index contributed by atoms with van der Waals surface area (Å²) >= 11 is 0. The predicted octanol–water partition coefficient (Wildman–Crippen LogP) is 2.52. The third-order valence-corrected chi connectivity index (χ3v) is 3.78. The van der Waals surface area contributed by atoms with E-state index in [1.54, 1.807) is 0 Å². The third kappa shape index (κ3) is 4.12. The first-order valence-electron chi connectivity index (χ1n) is 6.53. The summed E-state index contributed by atoms with van der Waals surface area (Å²) in [5, 5.41) is 9.97. The molecule has 0 radical (unpaired) electrons. The molecule has 0 saturated heterocycles. The van der Waals surface area contributed by atoms with Gasteiger partial charge in [-0.15, -0.1) is 0 Å². The van der Waals surface area contributed by atoms with Crippen LogP contribution in [0.2, 0.25) is 0 Å². The number of nitrogens with zero attached hydrogens (tertiary/aromatic N) is 1. The predicted molar refractivity (Wildman–Crippen MR) is 64.9 cm³/mol. The summed E-state index contributed by atoms with van der Waals surface area (Å²) in [6, 6.07) is 0. The molecule has 0 bridgehead atoms. The lowest BCUT2D eigenvalue weighted by atomic mass is 9.78. The SMILES string of the molecule is CCCN(C)CC1CC(CC)CCC1O. The quantitative estimate of drug-likeness (QED) is 0.758. The van der Waals surface area contributed by atoms with Gasteiger partial charge in [0.05, 0.1) is 6.10 Å². The normalized spacial score (nSPS) is 32.2. The molecule has 1 aliphatic carbocycles. The maximum Gasteiger partial charge on any atom is 0.0580 e. The molecule has 0 aromatic rings. The van der Waals surface area contributed by atoms with E-state index in [1.165, 1.54) is 25.7 Å². The molecular weight excluding hydrogens is 186 g/mol. The van der Waals surface area contributed by atoms with Crippen LogP contribution >= 0.6 is 0 Å².